The van der Waals surface area contributed by atoms with Crippen LogP contribution in [0.15, 0.2) is 47.8 Å². The SMILES string of the molecule is C[C@@H](c1ccccc1)n1c(C(=O)N2CCCCC2)cc2ccsc21. The van der Waals surface area contributed by atoms with Gasteiger partial charge in [0.25, 0.3) is 5.91 Å². The molecule has 0 radical (unpaired) electrons. The van der Waals surface area contributed by atoms with Crippen molar-refractivity contribution in [2.24, 2.45) is 0 Å². The van der Waals surface area contributed by atoms with E-state index >= 15 is 0 Å². The van der Waals surface area contributed by atoms with E-state index in [0.717, 1.165) is 31.6 Å². The lowest BCUT2D eigenvalue weighted by Gasteiger charge is -2.28. The maximum Gasteiger partial charge on any atom is 0.270 e. The Hall–Kier alpha value is -2.07. The lowest BCUT2D eigenvalue weighted by molar-refractivity contribution is 0.0713. The van der Waals surface area contributed by atoms with Gasteiger partial charge in [-0.2, -0.15) is 0 Å². The van der Waals surface area contributed by atoms with Gasteiger partial charge in [0.2, 0.25) is 0 Å². The number of thiophene rings is 1. The average molecular weight is 338 g/mol. The lowest BCUT2D eigenvalue weighted by atomic mass is 10.1. The van der Waals surface area contributed by atoms with Gasteiger partial charge in [-0.1, -0.05) is 30.3 Å². The molecule has 1 atom stereocenters. The Labute approximate surface area is 146 Å². The van der Waals surface area contributed by atoms with Crippen LogP contribution in [0.3, 0.4) is 0 Å². The number of benzene rings is 1. The Morgan fingerprint density at radius 1 is 1.08 bits per heavy atom. The molecule has 0 bridgehead atoms. The number of aromatic nitrogens is 1. The van der Waals surface area contributed by atoms with Crippen LogP contribution < -0.4 is 0 Å². The molecule has 4 rings (SSSR count). The van der Waals surface area contributed by atoms with E-state index in [-0.39, 0.29) is 11.9 Å². The fourth-order valence-corrected chi connectivity index (χ4v) is 4.61. The van der Waals surface area contributed by atoms with Crippen molar-refractivity contribution in [1.29, 1.82) is 0 Å². The summed E-state index contributed by atoms with van der Waals surface area (Å²) in [6, 6.07) is 14.8. The van der Waals surface area contributed by atoms with Gasteiger partial charge >= 0.3 is 0 Å². The Kier molecular flexibility index (Phi) is 4.15. The quantitative estimate of drug-likeness (QED) is 0.664. The molecule has 1 aromatic carbocycles. The molecule has 2 aromatic heterocycles. The van der Waals surface area contributed by atoms with Gasteiger partial charge in [0.15, 0.2) is 0 Å². The largest absolute Gasteiger partial charge is 0.337 e. The zero-order valence-corrected chi connectivity index (χ0v) is 14.8. The smallest absolute Gasteiger partial charge is 0.270 e. The second-order valence-corrected chi connectivity index (χ2v) is 7.41. The minimum atomic E-state index is 0.145. The zero-order valence-electron chi connectivity index (χ0n) is 13.9. The highest BCUT2D eigenvalue weighted by Gasteiger charge is 2.25. The molecule has 3 heterocycles. The van der Waals surface area contributed by atoms with Crippen LogP contribution in [0.1, 0.15) is 48.3 Å². The van der Waals surface area contributed by atoms with Crippen molar-refractivity contribution in [2.75, 3.05) is 13.1 Å². The predicted molar refractivity (Wildman–Crippen MR) is 99.8 cm³/mol. The van der Waals surface area contributed by atoms with E-state index in [0.29, 0.717) is 0 Å². The number of piperidine rings is 1. The second-order valence-electron chi connectivity index (χ2n) is 6.52. The first-order chi connectivity index (χ1) is 11.8. The summed E-state index contributed by atoms with van der Waals surface area (Å²) in [5.74, 6) is 0.181. The molecule has 4 heteroatoms. The lowest BCUT2D eigenvalue weighted by Crippen LogP contribution is -2.37. The van der Waals surface area contributed by atoms with Crippen LogP contribution in [0.25, 0.3) is 10.2 Å². The third-order valence-electron chi connectivity index (χ3n) is 4.98. The molecule has 124 valence electrons. The summed E-state index contributed by atoms with van der Waals surface area (Å²) in [4.78, 5) is 16.3. The van der Waals surface area contributed by atoms with Crippen molar-refractivity contribution >= 4 is 27.5 Å². The third-order valence-corrected chi connectivity index (χ3v) is 5.90. The van der Waals surface area contributed by atoms with E-state index in [2.05, 4.69) is 53.3 Å². The summed E-state index contributed by atoms with van der Waals surface area (Å²) in [5, 5.41) is 3.27. The Morgan fingerprint density at radius 3 is 2.58 bits per heavy atom. The van der Waals surface area contributed by atoms with Crippen LogP contribution in [-0.2, 0) is 0 Å². The fourth-order valence-electron chi connectivity index (χ4n) is 3.63. The molecular formula is C20H22N2OS. The Balaban J connectivity index is 1.78. The fraction of sp³-hybridized carbons (Fsp3) is 0.350. The van der Waals surface area contributed by atoms with Crippen LogP contribution in [0, 0.1) is 0 Å². The first-order valence-corrected chi connectivity index (χ1v) is 9.56. The van der Waals surface area contributed by atoms with Crippen molar-refractivity contribution in [3.05, 3.63) is 59.1 Å². The molecule has 0 unspecified atom stereocenters. The zero-order chi connectivity index (χ0) is 16.5. The summed E-state index contributed by atoms with van der Waals surface area (Å²) in [6.45, 7) is 3.95. The highest BCUT2D eigenvalue weighted by Crippen LogP contribution is 2.32. The van der Waals surface area contributed by atoms with E-state index in [4.69, 9.17) is 0 Å². The van der Waals surface area contributed by atoms with E-state index in [1.165, 1.54) is 22.2 Å². The molecule has 1 fully saturated rings. The number of fused-ring (bicyclic) bond motifs is 1. The molecule has 0 saturated carbocycles. The maximum absolute atomic E-state index is 13.1. The van der Waals surface area contributed by atoms with Crippen LogP contribution in [-0.4, -0.2) is 28.5 Å². The monoisotopic (exact) mass is 338 g/mol. The van der Waals surface area contributed by atoms with Gasteiger partial charge in [-0.3, -0.25) is 4.79 Å². The number of nitrogens with zero attached hydrogens (tertiary/aromatic N) is 2. The average Bonchev–Trinajstić information content (AvgIpc) is 3.23. The topological polar surface area (TPSA) is 25.2 Å². The predicted octanol–water partition coefficient (Wildman–Crippen LogP) is 4.94. The number of carbonyl (C=O) groups excluding carboxylic acids is 1. The molecule has 1 amide bonds. The van der Waals surface area contributed by atoms with Crippen LogP contribution in [0.4, 0.5) is 0 Å². The number of rotatable bonds is 3. The summed E-state index contributed by atoms with van der Waals surface area (Å²) in [6.07, 6.45) is 3.48. The summed E-state index contributed by atoms with van der Waals surface area (Å²) in [5.41, 5.74) is 2.06. The van der Waals surface area contributed by atoms with E-state index in [9.17, 15) is 4.79 Å². The van der Waals surface area contributed by atoms with Gasteiger partial charge in [-0.15, -0.1) is 11.3 Å². The summed E-state index contributed by atoms with van der Waals surface area (Å²) >= 11 is 1.71. The van der Waals surface area contributed by atoms with Crippen LogP contribution in [0.5, 0.6) is 0 Å². The first kappa shape index (κ1) is 15.5. The Morgan fingerprint density at radius 2 is 1.83 bits per heavy atom. The normalized spacial score (nSPS) is 16.5. The van der Waals surface area contributed by atoms with E-state index in [1.807, 2.05) is 11.0 Å². The van der Waals surface area contributed by atoms with Crippen molar-refractivity contribution < 1.29 is 4.79 Å². The van der Waals surface area contributed by atoms with E-state index in [1.54, 1.807) is 11.3 Å². The van der Waals surface area contributed by atoms with Gasteiger partial charge in [0.1, 0.15) is 10.5 Å². The van der Waals surface area contributed by atoms with Gasteiger partial charge in [0.05, 0.1) is 6.04 Å². The third kappa shape index (κ3) is 2.65. The highest BCUT2D eigenvalue weighted by atomic mass is 32.1. The van der Waals surface area contributed by atoms with E-state index < -0.39 is 0 Å². The van der Waals surface area contributed by atoms with Crippen molar-refractivity contribution in [1.82, 2.24) is 9.47 Å². The molecule has 0 aliphatic carbocycles. The summed E-state index contributed by atoms with van der Waals surface area (Å²) in [7, 11) is 0. The molecular weight excluding hydrogens is 316 g/mol. The minimum absolute atomic E-state index is 0.145. The molecule has 1 aliphatic rings. The van der Waals surface area contributed by atoms with Crippen LogP contribution in [0.2, 0.25) is 0 Å². The van der Waals surface area contributed by atoms with Gasteiger partial charge in [-0.05, 0) is 49.3 Å². The molecule has 0 N–H and O–H groups in total. The molecule has 3 nitrogen and oxygen atoms in total. The van der Waals surface area contributed by atoms with Crippen molar-refractivity contribution in [3.8, 4) is 0 Å². The van der Waals surface area contributed by atoms with Gasteiger partial charge in [0, 0.05) is 18.5 Å². The van der Waals surface area contributed by atoms with Gasteiger partial charge in [-0.25, -0.2) is 0 Å². The van der Waals surface area contributed by atoms with Gasteiger partial charge < -0.3 is 9.47 Å². The first-order valence-electron chi connectivity index (χ1n) is 8.68. The molecule has 0 spiro atoms. The molecule has 24 heavy (non-hydrogen) atoms. The minimum Gasteiger partial charge on any atom is -0.337 e. The van der Waals surface area contributed by atoms with Crippen LogP contribution >= 0.6 is 11.3 Å². The standard InChI is InChI=1S/C20H22N2OS/c1-15(16-8-4-2-5-9-16)22-18(14-17-10-13-24-20(17)22)19(23)21-11-6-3-7-12-21/h2,4-5,8-10,13-15H,3,6-7,11-12H2,1H3/t15-/m0/s1. The van der Waals surface area contributed by atoms with Crippen molar-refractivity contribution in [2.45, 2.75) is 32.2 Å². The second kappa shape index (κ2) is 6.44. The number of carbonyl (C=O) groups is 1. The maximum atomic E-state index is 13.1. The number of hydrogen-bond donors (Lipinski definition) is 0. The molecule has 3 aromatic rings. The van der Waals surface area contributed by atoms with Crippen molar-refractivity contribution in [3.63, 3.8) is 0 Å². The highest BCUT2D eigenvalue weighted by molar-refractivity contribution is 7.16. The number of amides is 1. The molecule has 1 saturated heterocycles. The Bertz CT molecular complexity index is 843. The number of hydrogen-bond acceptors (Lipinski definition) is 2. The number of likely N-dealkylation sites (tertiary alicyclic amines) is 1. The molecule has 1 aliphatic heterocycles. The summed E-state index contributed by atoms with van der Waals surface area (Å²) < 4.78 is 2.23.